The van der Waals surface area contributed by atoms with Crippen LogP contribution in [-0.2, 0) is 49.9 Å². The minimum atomic E-state index is -4.43. The minimum absolute atomic E-state index is 0.388. The molecular weight excluding hydrogens is 565 g/mol. The highest BCUT2D eigenvalue weighted by Crippen LogP contribution is 2.48. The molecule has 1 saturated carbocycles. The van der Waals surface area contributed by atoms with Crippen LogP contribution in [0.3, 0.4) is 0 Å². The summed E-state index contributed by atoms with van der Waals surface area (Å²) in [7, 11) is -4.75. The molecule has 0 aromatic heterocycles. The number of aliphatic hydroxyl groups is 4. The van der Waals surface area contributed by atoms with E-state index < -0.39 is 59.9 Å². The fourth-order valence-corrected chi connectivity index (χ4v) is 4.68. The highest BCUT2D eigenvalue weighted by atomic mass is 31.2. The van der Waals surface area contributed by atoms with Crippen molar-refractivity contribution in [3.05, 3.63) is 0 Å². The summed E-state index contributed by atoms with van der Waals surface area (Å²) in [6, 6.07) is 0. The molecule has 16 nitrogen and oxygen atoms in total. The highest BCUT2D eigenvalue weighted by molar-refractivity contribution is 7.48. The van der Waals surface area contributed by atoms with Crippen molar-refractivity contribution in [3.63, 3.8) is 0 Å². The molecule has 0 aromatic carbocycles. The van der Waals surface area contributed by atoms with Gasteiger partial charge >= 0.3 is 23.5 Å². The largest absolute Gasteiger partial charge is 0.474 e. The zero-order valence-corrected chi connectivity index (χ0v) is 25.0. The molecule has 37 heavy (non-hydrogen) atoms. The highest BCUT2D eigenvalue weighted by Gasteiger charge is 2.49. The number of phosphoric ester groups is 3. The molecular formula is C18H43O16P3. The Morgan fingerprint density at radius 3 is 1.19 bits per heavy atom. The topological polar surface area (TPSA) is 226 Å². The van der Waals surface area contributed by atoms with E-state index >= 15 is 0 Å². The van der Waals surface area contributed by atoms with Gasteiger partial charge in [-0.25, -0.2) is 13.7 Å². The van der Waals surface area contributed by atoms with Crippen molar-refractivity contribution in [1.82, 2.24) is 0 Å². The van der Waals surface area contributed by atoms with Crippen LogP contribution in [0.15, 0.2) is 0 Å². The van der Waals surface area contributed by atoms with E-state index in [0.717, 1.165) is 20.0 Å². The van der Waals surface area contributed by atoms with Gasteiger partial charge in [-0.05, 0) is 12.8 Å². The van der Waals surface area contributed by atoms with Gasteiger partial charge in [0.25, 0.3) is 0 Å². The molecule has 19 heteroatoms. The van der Waals surface area contributed by atoms with Gasteiger partial charge < -0.3 is 25.3 Å². The Kier molecular flexibility index (Phi) is 20.5. The number of phosphoric acid groups is 3. The van der Waals surface area contributed by atoms with Gasteiger partial charge in [-0.15, -0.1) is 0 Å². The van der Waals surface area contributed by atoms with Crippen molar-refractivity contribution in [3.8, 4) is 0 Å². The third kappa shape index (κ3) is 14.4. The van der Waals surface area contributed by atoms with Crippen molar-refractivity contribution in [1.29, 1.82) is 0 Å². The third-order valence-corrected chi connectivity index (χ3v) is 8.50. The minimum Gasteiger partial charge on any atom is -0.390 e. The summed E-state index contributed by atoms with van der Waals surface area (Å²) in [4.78, 5) is 9.08. The Morgan fingerprint density at radius 2 is 0.946 bits per heavy atom. The molecule has 5 N–H and O–H groups in total. The molecule has 0 spiro atoms. The maximum absolute atomic E-state index is 11.2. The van der Waals surface area contributed by atoms with Crippen LogP contribution in [0.5, 0.6) is 0 Å². The van der Waals surface area contributed by atoms with Gasteiger partial charge in [-0.2, -0.15) is 0 Å². The standard InChI is InChI=1S/C8H17O8P.2C5H13O4P/c1-3-4(9)6(11)8(7(12)5(3)10)16-17(13,14)15-2;2*1-4-5-9-10(6,7-2)8-3/h3-12H,1-2H3,(H,13,14);2*4-5H2,1-3H3. The van der Waals surface area contributed by atoms with Crippen LogP contribution in [0, 0.1) is 5.92 Å². The van der Waals surface area contributed by atoms with Gasteiger partial charge in [-0.1, -0.05) is 20.8 Å². The second-order valence-electron chi connectivity index (χ2n) is 7.33. The first-order chi connectivity index (χ1) is 17.1. The van der Waals surface area contributed by atoms with E-state index in [4.69, 9.17) is 13.9 Å². The molecule has 0 aromatic rings. The summed E-state index contributed by atoms with van der Waals surface area (Å²) >= 11 is 0. The van der Waals surface area contributed by atoms with Gasteiger partial charge in [0.15, 0.2) is 0 Å². The molecule has 1 fully saturated rings. The summed E-state index contributed by atoms with van der Waals surface area (Å²) in [5.74, 6) is -0.791. The van der Waals surface area contributed by atoms with E-state index in [9.17, 15) is 34.1 Å². The molecule has 0 radical (unpaired) electrons. The van der Waals surface area contributed by atoms with Crippen LogP contribution in [0.25, 0.3) is 0 Å². The van der Waals surface area contributed by atoms with E-state index in [1.165, 1.54) is 35.4 Å². The molecule has 0 bridgehead atoms. The smallest absolute Gasteiger partial charge is 0.390 e. The number of hydrogen-bond acceptors (Lipinski definition) is 15. The van der Waals surface area contributed by atoms with Crippen LogP contribution in [0.1, 0.15) is 33.6 Å². The van der Waals surface area contributed by atoms with Crippen LogP contribution in [0.4, 0.5) is 0 Å². The molecule has 5 atom stereocenters. The Balaban J connectivity index is 0. The molecule has 226 valence electrons. The Hall–Kier alpha value is 0.170. The lowest BCUT2D eigenvalue weighted by Crippen LogP contribution is -2.60. The molecule has 1 rings (SSSR count). The van der Waals surface area contributed by atoms with Gasteiger partial charge in [-0.3, -0.25) is 36.2 Å². The van der Waals surface area contributed by atoms with Crippen molar-refractivity contribution < 1.29 is 75.2 Å². The molecule has 1 aliphatic rings. The molecule has 1 aliphatic carbocycles. The zero-order chi connectivity index (χ0) is 29.4. The zero-order valence-electron chi connectivity index (χ0n) is 22.4. The predicted octanol–water partition coefficient (Wildman–Crippen LogP) is 1.84. The Morgan fingerprint density at radius 1 is 0.622 bits per heavy atom. The average Bonchev–Trinajstić information content (AvgIpc) is 2.91. The quantitative estimate of drug-likeness (QED) is 0.188. The molecule has 5 unspecified atom stereocenters. The van der Waals surface area contributed by atoms with Crippen LogP contribution in [0.2, 0.25) is 0 Å². The lowest BCUT2D eigenvalue weighted by atomic mass is 9.80. The molecule has 0 aliphatic heterocycles. The van der Waals surface area contributed by atoms with Crippen molar-refractivity contribution in [2.45, 2.75) is 64.1 Å². The van der Waals surface area contributed by atoms with Crippen molar-refractivity contribution in [2.24, 2.45) is 5.92 Å². The van der Waals surface area contributed by atoms with Crippen molar-refractivity contribution >= 4 is 23.5 Å². The Bertz CT molecular complexity index is 678. The number of aliphatic hydroxyl groups excluding tert-OH is 4. The molecule has 0 heterocycles. The summed E-state index contributed by atoms with van der Waals surface area (Å²) in [6.07, 6.45) is -5.98. The third-order valence-electron chi connectivity index (χ3n) is 4.74. The van der Waals surface area contributed by atoms with E-state index in [0.29, 0.717) is 13.2 Å². The first-order valence-electron chi connectivity index (χ1n) is 11.1. The normalized spacial score (nSPS) is 27.8. The first-order valence-corrected chi connectivity index (χ1v) is 15.5. The SMILES string of the molecule is CCCOP(=O)(OC)OC.CCCOP(=O)(OC)OC.COP(=O)(O)OC1C(O)C(O)C(C)C(O)C1O. The average molecular weight is 608 g/mol. The fourth-order valence-electron chi connectivity index (χ4n) is 2.50. The van der Waals surface area contributed by atoms with Gasteiger partial charge in [0, 0.05) is 41.5 Å². The predicted molar refractivity (Wildman–Crippen MR) is 131 cm³/mol. The van der Waals surface area contributed by atoms with Crippen molar-refractivity contribution in [2.75, 3.05) is 48.8 Å². The molecule has 0 saturated heterocycles. The summed E-state index contributed by atoms with van der Waals surface area (Å²) in [5, 5.41) is 38.4. The van der Waals surface area contributed by atoms with Crippen LogP contribution >= 0.6 is 23.5 Å². The monoisotopic (exact) mass is 608 g/mol. The lowest BCUT2D eigenvalue weighted by Gasteiger charge is -2.42. The fraction of sp³-hybridized carbons (Fsp3) is 1.00. The van der Waals surface area contributed by atoms with Crippen LogP contribution < -0.4 is 0 Å². The maximum atomic E-state index is 11.2. The second kappa shape index (κ2) is 19.3. The van der Waals surface area contributed by atoms with Crippen LogP contribution in [-0.4, -0.2) is 105 Å². The van der Waals surface area contributed by atoms with E-state index in [1.807, 2.05) is 13.8 Å². The summed E-state index contributed by atoms with van der Waals surface area (Å²) in [6.45, 7) is 6.02. The summed E-state index contributed by atoms with van der Waals surface area (Å²) < 4.78 is 69.5. The van der Waals surface area contributed by atoms with Gasteiger partial charge in [0.05, 0.1) is 25.4 Å². The van der Waals surface area contributed by atoms with E-state index in [1.54, 1.807) is 0 Å². The Labute approximate surface area is 217 Å². The second-order valence-corrected chi connectivity index (χ2v) is 12.6. The van der Waals surface area contributed by atoms with Gasteiger partial charge in [0.1, 0.15) is 18.3 Å². The lowest BCUT2D eigenvalue weighted by molar-refractivity contribution is -0.196. The first kappa shape index (κ1) is 39.3. The molecule has 0 amide bonds. The van der Waals surface area contributed by atoms with Gasteiger partial charge in [0.2, 0.25) is 0 Å². The van der Waals surface area contributed by atoms with E-state index in [-0.39, 0.29) is 0 Å². The van der Waals surface area contributed by atoms with E-state index in [2.05, 4.69) is 27.1 Å². The number of rotatable bonds is 13. The maximum Gasteiger partial charge on any atom is 0.474 e. The number of hydrogen-bond donors (Lipinski definition) is 5. The summed E-state index contributed by atoms with van der Waals surface area (Å²) in [5.41, 5.74) is 0.